The van der Waals surface area contributed by atoms with Crippen LogP contribution in [0, 0.1) is 0 Å². The predicted molar refractivity (Wildman–Crippen MR) is 105 cm³/mol. The summed E-state index contributed by atoms with van der Waals surface area (Å²) in [5, 5.41) is 9.30. The van der Waals surface area contributed by atoms with Crippen LogP contribution >= 0.6 is 24.0 Å². The van der Waals surface area contributed by atoms with Gasteiger partial charge in [-0.1, -0.05) is 18.2 Å². The van der Waals surface area contributed by atoms with Crippen LogP contribution in [0.4, 0.5) is 0 Å². The highest BCUT2D eigenvalue weighted by molar-refractivity contribution is 14.0. The van der Waals surface area contributed by atoms with E-state index in [0.717, 1.165) is 38.5 Å². The Morgan fingerprint density at radius 1 is 1.04 bits per heavy atom. The van der Waals surface area contributed by atoms with Gasteiger partial charge in [0.15, 0.2) is 5.96 Å². The van der Waals surface area contributed by atoms with E-state index in [1.54, 1.807) is 26.3 Å². The molecule has 0 aliphatic heterocycles. The monoisotopic (exact) mass is 434 g/mol. The Bertz CT molecular complexity index is 455. The summed E-state index contributed by atoms with van der Waals surface area (Å²) in [6.45, 7) is 2.92. The number of ether oxygens (including phenoxy) is 1. The number of methoxy groups -OCH3 is 1. The fraction of sp³-hybridized carbons (Fsp3) is 0.500. The molecule has 23 heavy (non-hydrogen) atoms. The van der Waals surface area contributed by atoms with E-state index in [1.807, 2.05) is 18.2 Å². The molecule has 0 radical (unpaired) electrons. The summed E-state index contributed by atoms with van der Waals surface area (Å²) in [7, 11) is 3.43. The van der Waals surface area contributed by atoms with Crippen LogP contribution < -0.4 is 16.0 Å². The largest absolute Gasteiger partial charge is 0.385 e. The molecule has 0 bridgehead atoms. The number of hydrogen-bond acceptors (Lipinski definition) is 3. The van der Waals surface area contributed by atoms with E-state index in [9.17, 15) is 4.79 Å². The SMILES string of the molecule is CN=C(NCCCNC(=O)c1ccccc1)NCCCOC.I. The molecular weight excluding hydrogens is 407 g/mol. The molecule has 130 valence electrons. The number of nitrogens with one attached hydrogen (secondary N) is 3. The lowest BCUT2D eigenvalue weighted by Crippen LogP contribution is -2.39. The Kier molecular flexibility index (Phi) is 13.4. The third-order valence-corrected chi connectivity index (χ3v) is 3.01. The maximum atomic E-state index is 11.8. The number of carbonyl (C=O) groups is 1. The minimum Gasteiger partial charge on any atom is -0.385 e. The van der Waals surface area contributed by atoms with Crippen LogP contribution in [-0.2, 0) is 4.74 Å². The predicted octanol–water partition coefficient (Wildman–Crippen LogP) is 1.63. The van der Waals surface area contributed by atoms with Gasteiger partial charge >= 0.3 is 0 Å². The van der Waals surface area contributed by atoms with Crippen LogP contribution in [0.25, 0.3) is 0 Å². The molecule has 0 spiro atoms. The highest BCUT2D eigenvalue weighted by Crippen LogP contribution is 1.97. The first-order valence-electron chi connectivity index (χ1n) is 7.54. The van der Waals surface area contributed by atoms with Gasteiger partial charge in [0.1, 0.15) is 0 Å². The van der Waals surface area contributed by atoms with Gasteiger partial charge in [0, 0.05) is 46.0 Å². The van der Waals surface area contributed by atoms with E-state index in [4.69, 9.17) is 4.74 Å². The summed E-state index contributed by atoms with van der Waals surface area (Å²) >= 11 is 0. The molecule has 0 atom stereocenters. The zero-order valence-electron chi connectivity index (χ0n) is 13.8. The standard InChI is InChI=1S/C16H26N4O2.HI/c1-17-16(20-12-7-13-22-2)19-11-6-10-18-15(21)14-8-4-3-5-9-14;/h3-5,8-9H,6-7,10-13H2,1-2H3,(H,18,21)(H2,17,19,20);1H. The van der Waals surface area contributed by atoms with Gasteiger partial charge in [-0.2, -0.15) is 0 Å². The second-order valence-corrected chi connectivity index (χ2v) is 4.75. The summed E-state index contributed by atoms with van der Waals surface area (Å²) < 4.78 is 4.99. The quantitative estimate of drug-likeness (QED) is 0.239. The smallest absolute Gasteiger partial charge is 0.251 e. The number of aliphatic imine (C=N–C) groups is 1. The fourth-order valence-electron chi connectivity index (χ4n) is 1.83. The van der Waals surface area contributed by atoms with Crippen molar-refractivity contribution in [2.75, 3.05) is 40.4 Å². The molecule has 0 heterocycles. The molecule has 1 aromatic rings. The highest BCUT2D eigenvalue weighted by Gasteiger charge is 2.02. The van der Waals surface area contributed by atoms with Crippen molar-refractivity contribution in [3.8, 4) is 0 Å². The Morgan fingerprint density at radius 2 is 1.65 bits per heavy atom. The highest BCUT2D eigenvalue weighted by atomic mass is 127. The lowest BCUT2D eigenvalue weighted by atomic mass is 10.2. The molecule has 0 fully saturated rings. The Balaban J connectivity index is 0.00000484. The molecule has 0 saturated carbocycles. The Morgan fingerprint density at radius 3 is 2.26 bits per heavy atom. The van der Waals surface area contributed by atoms with Crippen LogP contribution in [0.5, 0.6) is 0 Å². The number of benzene rings is 1. The van der Waals surface area contributed by atoms with Gasteiger partial charge in [-0.05, 0) is 25.0 Å². The first kappa shape index (κ1) is 21.6. The summed E-state index contributed by atoms with van der Waals surface area (Å²) in [5.41, 5.74) is 0.686. The van der Waals surface area contributed by atoms with Crippen molar-refractivity contribution < 1.29 is 9.53 Å². The molecule has 7 heteroatoms. The fourth-order valence-corrected chi connectivity index (χ4v) is 1.83. The number of hydrogen-bond donors (Lipinski definition) is 3. The maximum absolute atomic E-state index is 11.8. The first-order chi connectivity index (χ1) is 10.8. The van der Waals surface area contributed by atoms with E-state index in [0.29, 0.717) is 12.1 Å². The van der Waals surface area contributed by atoms with Crippen molar-refractivity contribution >= 4 is 35.8 Å². The molecule has 0 aromatic heterocycles. The van der Waals surface area contributed by atoms with Crippen LogP contribution in [0.3, 0.4) is 0 Å². The molecule has 6 nitrogen and oxygen atoms in total. The average Bonchev–Trinajstić information content (AvgIpc) is 2.57. The number of amides is 1. The molecule has 0 aliphatic carbocycles. The molecule has 3 N–H and O–H groups in total. The lowest BCUT2D eigenvalue weighted by molar-refractivity contribution is 0.0953. The molecule has 0 saturated heterocycles. The summed E-state index contributed by atoms with van der Waals surface area (Å²) in [6.07, 6.45) is 1.77. The summed E-state index contributed by atoms with van der Waals surface area (Å²) in [5.74, 6) is 0.730. The molecule has 0 unspecified atom stereocenters. The van der Waals surface area contributed by atoms with E-state index in [1.165, 1.54) is 0 Å². The van der Waals surface area contributed by atoms with E-state index >= 15 is 0 Å². The third kappa shape index (κ3) is 10.1. The second-order valence-electron chi connectivity index (χ2n) is 4.75. The number of halogens is 1. The Labute approximate surface area is 155 Å². The molecule has 0 aliphatic rings. The minimum absolute atomic E-state index is 0. The van der Waals surface area contributed by atoms with E-state index < -0.39 is 0 Å². The van der Waals surface area contributed by atoms with Crippen LogP contribution in [0.2, 0.25) is 0 Å². The zero-order chi connectivity index (χ0) is 16.0. The number of rotatable bonds is 9. The molecule has 1 amide bonds. The van der Waals surface area contributed by atoms with Crippen molar-refractivity contribution in [2.45, 2.75) is 12.8 Å². The average molecular weight is 434 g/mol. The lowest BCUT2D eigenvalue weighted by Gasteiger charge is -2.12. The third-order valence-electron chi connectivity index (χ3n) is 3.01. The van der Waals surface area contributed by atoms with Gasteiger partial charge in [0.2, 0.25) is 0 Å². The van der Waals surface area contributed by atoms with Gasteiger partial charge in [-0.3, -0.25) is 9.79 Å². The van der Waals surface area contributed by atoms with E-state index in [2.05, 4.69) is 20.9 Å². The van der Waals surface area contributed by atoms with Crippen LogP contribution in [-0.4, -0.2) is 52.3 Å². The van der Waals surface area contributed by atoms with Crippen molar-refractivity contribution in [1.29, 1.82) is 0 Å². The molecular formula is C16H27IN4O2. The summed E-state index contributed by atoms with van der Waals surface area (Å²) in [4.78, 5) is 16.0. The number of guanidine groups is 1. The maximum Gasteiger partial charge on any atom is 0.251 e. The normalized spacial score (nSPS) is 10.6. The van der Waals surface area contributed by atoms with Gasteiger partial charge in [-0.25, -0.2) is 0 Å². The molecule has 1 rings (SSSR count). The van der Waals surface area contributed by atoms with E-state index in [-0.39, 0.29) is 29.9 Å². The van der Waals surface area contributed by atoms with Crippen molar-refractivity contribution in [3.05, 3.63) is 35.9 Å². The number of carbonyl (C=O) groups excluding carboxylic acids is 1. The van der Waals surface area contributed by atoms with Crippen molar-refractivity contribution in [1.82, 2.24) is 16.0 Å². The summed E-state index contributed by atoms with van der Waals surface area (Å²) in [6, 6.07) is 9.22. The minimum atomic E-state index is -0.0392. The van der Waals surface area contributed by atoms with Gasteiger partial charge in [-0.15, -0.1) is 24.0 Å². The van der Waals surface area contributed by atoms with Gasteiger partial charge in [0.25, 0.3) is 5.91 Å². The second kappa shape index (κ2) is 14.3. The van der Waals surface area contributed by atoms with Crippen LogP contribution in [0.1, 0.15) is 23.2 Å². The molecule has 1 aromatic carbocycles. The first-order valence-corrected chi connectivity index (χ1v) is 7.54. The van der Waals surface area contributed by atoms with Crippen molar-refractivity contribution in [2.24, 2.45) is 4.99 Å². The van der Waals surface area contributed by atoms with Gasteiger partial charge in [0.05, 0.1) is 0 Å². The zero-order valence-corrected chi connectivity index (χ0v) is 16.1. The number of nitrogens with zero attached hydrogens (tertiary/aromatic N) is 1. The van der Waals surface area contributed by atoms with Gasteiger partial charge < -0.3 is 20.7 Å². The van der Waals surface area contributed by atoms with Crippen molar-refractivity contribution in [3.63, 3.8) is 0 Å². The van der Waals surface area contributed by atoms with Crippen LogP contribution in [0.15, 0.2) is 35.3 Å². The topological polar surface area (TPSA) is 74.8 Å². The Hall–Kier alpha value is -1.35.